The molecule has 1 aromatic rings. The minimum atomic E-state index is -4.68. The van der Waals surface area contributed by atoms with Crippen LogP contribution in [0.4, 0.5) is 13.2 Å². The van der Waals surface area contributed by atoms with Gasteiger partial charge in [0.15, 0.2) is 0 Å². The van der Waals surface area contributed by atoms with Crippen molar-refractivity contribution in [3.05, 3.63) is 29.8 Å². The zero-order valence-corrected chi connectivity index (χ0v) is 14.2. The maximum Gasteiger partial charge on any atom is 0.573 e. The lowest BCUT2D eigenvalue weighted by atomic mass is 10.2. The molecule has 1 saturated heterocycles. The van der Waals surface area contributed by atoms with E-state index in [1.165, 1.54) is 18.4 Å². The number of hydrogen-bond acceptors (Lipinski definition) is 5. The van der Waals surface area contributed by atoms with Gasteiger partial charge in [-0.1, -0.05) is 12.1 Å². The molecule has 1 heterocycles. The Balaban J connectivity index is 1.77. The molecule has 0 atom stereocenters. The van der Waals surface area contributed by atoms with Gasteiger partial charge < -0.3 is 4.74 Å². The molecule has 0 bridgehead atoms. The zero-order chi connectivity index (χ0) is 17.8. The largest absolute Gasteiger partial charge is 0.573 e. The number of benzene rings is 1. The van der Waals surface area contributed by atoms with E-state index in [0.717, 1.165) is 31.7 Å². The smallest absolute Gasteiger partial charge is 0.406 e. The summed E-state index contributed by atoms with van der Waals surface area (Å²) in [5.41, 5.74) is 0.911. The van der Waals surface area contributed by atoms with Crippen molar-refractivity contribution >= 4 is 9.84 Å². The van der Waals surface area contributed by atoms with E-state index in [-0.39, 0.29) is 11.5 Å². The highest BCUT2D eigenvalue weighted by Gasteiger charge is 2.31. The molecule has 5 nitrogen and oxygen atoms in total. The summed E-state index contributed by atoms with van der Waals surface area (Å²) in [5.74, 6) is -0.0648. The molecular formula is C15H21F3N2O3S. The average Bonchev–Trinajstić information content (AvgIpc) is 2.46. The second-order valence-electron chi connectivity index (χ2n) is 5.94. The van der Waals surface area contributed by atoms with E-state index >= 15 is 0 Å². The summed E-state index contributed by atoms with van der Waals surface area (Å²) in [6, 6.07) is 5.87. The number of piperazine rings is 1. The lowest BCUT2D eigenvalue weighted by Crippen LogP contribution is -2.47. The Morgan fingerprint density at radius 1 is 1.04 bits per heavy atom. The Bertz CT molecular complexity index is 624. The van der Waals surface area contributed by atoms with Gasteiger partial charge in [-0.3, -0.25) is 9.80 Å². The summed E-state index contributed by atoms with van der Waals surface area (Å²) in [4.78, 5) is 4.30. The number of sulfone groups is 1. The molecule has 0 radical (unpaired) electrons. The van der Waals surface area contributed by atoms with Crippen LogP contribution in [0.3, 0.4) is 0 Å². The van der Waals surface area contributed by atoms with E-state index in [4.69, 9.17) is 0 Å². The molecule has 0 unspecified atom stereocenters. The molecule has 0 amide bonds. The van der Waals surface area contributed by atoms with Crippen LogP contribution in [-0.4, -0.2) is 69.3 Å². The van der Waals surface area contributed by atoms with Gasteiger partial charge in [-0.15, -0.1) is 13.2 Å². The van der Waals surface area contributed by atoms with Gasteiger partial charge in [0.05, 0.1) is 5.75 Å². The standard InChI is InChI=1S/C15H21F3N2O3S/c1-24(21,22)11-10-19-6-8-20(9-7-19)12-13-2-4-14(5-3-13)23-15(16,17)18/h2-5H,6-12H2,1H3. The highest BCUT2D eigenvalue weighted by atomic mass is 32.2. The van der Waals surface area contributed by atoms with E-state index < -0.39 is 16.2 Å². The van der Waals surface area contributed by atoms with Crippen molar-refractivity contribution in [2.24, 2.45) is 0 Å². The number of alkyl halides is 3. The van der Waals surface area contributed by atoms with Crippen LogP contribution in [0, 0.1) is 0 Å². The van der Waals surface area contributed by atoms with Gasteiger partial charge in [-0.25, -0.2) is 8.42 Å². The van der Waals surface area contributed by atoms with Gasteiger partial charge in [-0.2, -0.15) is 0 Å². The fourth-order valence-electron chi connectivity index (χ4n) is 2.52. The second-order valence-corrected chi connectivity index (χ2v) is 8.20. The van der Waals surface area contributed by atoms with Gasteiger partial charge in [0.25, 0.3) is 0 Å². The third-order valence-electron chi connectivity index (χ3n) is 3.81. The van der Waals surface area contributed by atoms with Crippen molar-refractivity contribution in [1.82, 2.24) is 9.80 Å². The van der Waals surface area contributed by atoms with Crippen LogP contribution in [0.25, 0.3) is 0 Å². The maximum atomic E-state index is 12.1. The Hall–Kier alpha value is -1.32. The van der Waals surface area contributed by atoms with Crippen molar-refractivity contribution in [3.63, 3.8) is 0 Å². The normalized spacial score (nSPS) is 17.8. The molecule has 2 rings (SSSR count). The van der Waals surface area contributed by atoms with Crippen LogP contribution < -0.4 is 4.74 Å². The first-order chi connectivity index (χ1) is 11.1. The molecule has 0 N–H and O–H groups in total. The third kappa shape index (κ3) is 7.06. The molecule has 0 aliphatic carbocycles. The number of ether oxygens (including phenoxy) is 1. The Morgan fingerprint density at radius 2 is 1.58 bits per heavy atom. The van der Waals surface area contributed by atoms with Crippen molar-refractivity contribution in [3.8, 4) is 5.75 Å². The Kier molecular flexibility index (Phi) is 6.11. The quantitative estimate of drug-likeness (QED) is 0.768. The lowest BCUT2D eigenvalue weighted by molar-refractivity contribution is -0.274. The molecule has 1 aliphatic heterocycles. The second kappa shape index (κ2) is 7.71. The van der Waals surface area contributed by atoms with Gasteiger partial charge >= 0.3 is 6.36 Å². The van der Waals surface area contributed by atoms with Crippen LogP contribution in [0.15, 0.2) is 24.3 Å². The van der Waals surface area contributed by atoms with E-state index in [9.17, 15) is 21.6 Å². The van der Waals surface area contributed by atoms with Gasteiger partial charge in [0.2, 0.25) is 0 Å². The molecule has 0 aromatic heterocycles. The van der Waals surface area contributed by atoms with Crippen LogP contribution >= 0.6 is 0 Å². The SMILES string of the molecule is CS(=O)(=O)CCN1CCN(Cc2ccc(OC(F)(F)F)cc2)CC1. The molecular weight excluding hydrogens is 345 g/mol. The van der Waals surface area contributed by atoms with Crippen molar-refractivity contribution < 1.29 is 26.3 Å². The van der Waals surface area contributed by atoms with E-state index in [1.807, 2.05) is 0 Å². The van der Waals surface area contributed by atoms with Crippen molar-refractivity contribution in [1.29, 1.82) is 0 Å². The molecule has 136 valence electrons. The van der Waals surface area contributed by atoms with Gasteiger partial charge in [0.1, 0.15) is 15.6 Å². The summed E-state index contributed by atoms with van der Waals surface area (Å²) in [6.07, 6.45) is -3.45. The topological polar surface area (TPSA) is 49.9 Å². The average molecular weight is 366 g/mol. The number of rotatable bonds is 6. The summed E-state index contributed by atoms with van der Waals surface area (Å²) >= 11 is 0. The fourth-order valence-corrected chi connectivity index (χ4v) is 3.11. The molecule has 24 heavy (non-hydrogen) atoms. The minimum absolute atomic E-state index is 0.160. The van der Waals surface area contributed by atoms with E-state index in [1.54, 1.807) is 12.1 Å². The first-order valence-corrected chi connectivity index (χ1v) is 9.64. The molecule has 9 heteroatoms. The highest BCUT2D eigenvalue weighted by molar-refractivity contribution is 7.90. The fraction of sp³-hybridized carbons (Fsp3) is 0.600. The maximum absolute atomic E-state index is 12.1. The van der Waals surface area contributed by atoms with Gasteiger partial charge in [-0.05, 0) is 17.7 Å². The first kappa shape index (κ1) is 19.0. The van der Waals surface area contributed by atoms with Gasteiger partial charge in [0, 0.05) is 45.5 Å². The molecule has 1 aliphatic rings. The zero-order valence-electron chi connectivity index (χ0n) is 13.4. The predicted octanol–water partition coefficient (Wildman–Crippen LogP) is 1.75. The number of nitrogens with zero attached hydrogens (tertiary/aromatic N) is 2. The number of halogens is 3. The van der Waals surface area contributed by atoms with Crippen molar-refractivity contribution in [2.45, 2.75) is 12.9 Å². The van der Waals surface area contributed by atoms with E-state index in [0.29, 0.717) is 13.1 Å². The molecule has 0 spiro atoms. The lowest BCUT2D eigenvalue weighted by Gasteiger charge is -2.34. The summed E-state index contributed by atoms with van der Waals surface area (Å²) in [5, 5.41) is 0. The summed E-state index contributed by atoms with van der Waals surface area (Å²) < 4.78 is 62.5. The van der Waals surface area contributed by atoms with Crippen LogP contribution in [0.1, 0.15) is 5.56 Å². The number of hydrogen-bond donors (Lipinski definition) is 0. The third-order valence-corrected chi connectivity index (χ3v) is 4.73. The first-order valence-electron chi connectivity index (χ1n) is 7.58. The molecule has 0 saturated carbocycles. The summed E-state index contributed by atoms with van der Waals surface area (Å²) in [7, 11) is -2.95. The highest BCUT2D eigenvalue weighted by Crippen LogP contribution is 2.23. The predicted molar refractivity (Wildman–Crippen MR) is 84.6 cm³/mol. The van der Waals surface area contributed by atoms with Crippen LogP contribution in [-0.2, 0) is 16.4 Å². The Labute approximate surface area is 139 Å². The van der Waals surface area contributed by atoms with Crippen LogP contribution in [0.2, 0.25) is 0 Å². The van der Waals surface area contributed by atoms with Crippen LogP contribution in [0.5, 0.6) is 5.75 Å². The Morgan fingerprint density at radius 3 is 2.08 bits per heavy atom. The molecule has 1 fully saturated rings. The molecule has 1 aromatic carbocycles. The monoisotopic (exact) mass is 366 g/mol. The summed E-state index contributed by atoms with van der Waals surface area (Å²) in [6.45, 7) is 4.34. The van der Waals surface area contributed by atoms with E-state index in [2.05, 4.69) is 14.5 Å². The van der Waals surface area contributed by atoms with Crippen molar-refractivity contribution in [2.75, 3.05) is 44.7 Å². The minimum Gasteiger partial charge on any atom is -0.406 e.